The Morgan fingerprint density at radius 1 is 0.293 bits per heavy atom. The minimum absolute atomic E-state index is 0.314. The maximum Gasteiger partial charge on any atom is 0.235 e. The lowest BCUT2D eigenvalue weighted by molar-refractivity contribution is 0.657. The first-order valence-corrected chi connectivity index (χ1v) is 31.9. The quantitative estimate of drug-likeness (QED) is 0.165. The molecular formula is C86H54N4O2. The van der Waals surface area contributed by atoms with Crippen molar-refractivity contribution in [2.75, 3.05) is 0 Å². The van der Waals surface area contributed by atoms with E-state index in [-0.39, 0.29) is 10.8 Å². The number of hydrogen-bond acceptors (Lipinski definition) is 4. The maximum absolute atomic E-state index is 7.05. The zero-order valence-corrected chi connectivity index (χ0v) is 50.9. The van der Waals surface area contributed by atoms with Crippen molar-refractivity contribution < 1.29 is 8.83 Å². The Balaban J connectivity index is 0.739. The van der Waals surface area contributed by atoms with Gasteiger partial charge in [0.25, 0.3) is 0 Å². The van der Waals surface area contributed by atoms with E-state index in [0.717, 1.165) is 88.6 Å². The molecule has 21 rings (SSSR count). The molecule has 6 nitrogen and oxygen atoms in total. The highest BCUT2D eigenvalue weighted by molar-refractivity contribution is 6.26. The van der Waals surface area contributed by atoms with Crippen molar-refractivity contribution in [1.82, 2.24) is 19.1 Å². The van der Waals surface area contributed by atoms with Gasteiger partial charge in [-0.1, -0.05) is 198 Å². The molecule has 2 aliphatic rings. The Bertz CT molecular complexity index is 6530. The number of nitrogens with zero attached hydrogens (tertiary/aromatic N) is 4. The smallest absolute Gasteiger partial charge is 0.235 e. The lowest BCUT2D eigenvalue weighted by Gasteiger charge is -2.22. The molecule has 0 atom stereocenters. The Labute approximate surface area is 527 Å². The van der Waals surface area contributed by atoms with Crippen LogP contribution in [0.3, 0.4) is 0 Å². The lowest BCUT2D eigenvalue weighted by Crippen LogP contribution is -2.15. The van der Waals surface area contributed by atoms with Crippen LogP contribution in [0, 0.1) is 0 Å². The summed E-state index contributed by atoms with van der Waals surface area (Å²) in [5, 5.41) is 18.0. The average Bonchev–Trinajstić information content (AvgIpc) is 1.54. The second-order valence-electron chi connectivity index (χ2n) is 26.7. The Morgan fingerprint density at radius 2 is 0.783 bits per heavy atom. The molecule has 5 heterocycles. The van der Waals surface area contributed by atoms with Crippen LogP contribution in [0.25, 0.3) is 187 Å². The molecule has 2 aliphatic carbocycles. The van der Waals surface area contributed by atoms with E-state index < -0.39 is 0 Å². The molecule has 0 saturated carbocycles. The molecule has 0 aliphatic heterocycles. The van der Waals surface area contributed by atoms with Crippen LogP contribution in [0.15, 0.2) is 264 Å². The monoisotopic (exact) mass is 1170 g/mol. The van der Waals surface area contributed by atoms with Crippen LogP contribution in [-0.2, 0) is 10.8 Å². The molecule has 19 aromatic rings. The van der Waals surface area contributed by atoms with Crippen molar-refractivity contribution in [3.05, 3.63) is 277 Å². The third-order valence-electron chi connectivity index (χ3n) is 21.2. The molecule has 0 saturated heterocycles. The van der Waals surface area contributed by atoms with Gasteiger partial charge >= 0.3 is 0 Å². The van der Waals surface area contributed by atoms with Gasteiger partial charge in [0.15, 0.2) is 0 Å². The number of para-hydroxylation sites is 3. The van der Waals surface area contributed by atoms with E-state index in [2.05, 4.69) is 292 Å². The van der Waals surface area contributed by atoms with Crippen LogP contribution in [0.4, 0.5) is 0 Å². The Hall–Kier alpha value is -11.6. The molecule has 0 bridgehead atoms. The van der Waals surface area contributed by atoms with E-state index in [1.165, 1.54) is 115 Å². The fraction of sp³-hybridized carbons (Fsp3) is 0.0698. The topological polar surface area (TPSA) is 61.9 Å². The van der Waals surface area contributed by atoms with E-state index in [4.69, 9.17) is 18.8 Å². The van der Waals surface area contributed by atoms with Crippen molar-refractivity contribution in [3.63, 3.8) is 0 Å². The summed E-state index contributed by atoms with van der Waals surface area (Å²) in [6, 6.07) is 93.6. The van der Waals surface area contributed by atoms with Gasteiger partial charge in [0, 0.05) is 70.6 Å². The third kappa shape index (κ3) is 6.52. The van der Waals surface area contributed by atoms with Crippen molar-refractivity contribution in [2.45, 2.75) is 38.5 Å². The molecule has 0 N–H and O–H groups in total. The van der Waals surface area contributed by atoms with Gasteiger partial charge in [-0.15, -0.1) is 0 Å². The zero-order valence-electron chi connectivity index (χ0n) is 50.9. The molecule has 0 radical (unpaired) electrons. The molecule has 5 aromatic heterocycles. The average molecular weight is 1180 g/mol. The molecule has 14 aromatic carbocycles. The van der Waals surface area contributed by atoms with Crippen LogP contribution < -0.4 is 0 Å². The third-order valence-corrected chi connectivity index (χ3v) is 21.2. The summed E-state index contributed by atoms with van der Waals surface area (Å²) in [6.07, 6.45) is 0. The van der Waals surface area contributed by atoms with E-state index in [1.54, 1.807) is 0 Å². The minimum atomic E-state index is -0.382. The van der Waals surface area contributed by atoms with Crippen LogP contribution in [-0.4, -0.2) is 19.1 Å². The highest BCUT2D eigenvalue weighted by Crippen LogP contribution is 2.57. The van der Waals surface area contributed by atoms with E-state index in [1.807, 2.05) is 0 Å². The predicted octanol–water partition coefficient (Wildman–Crippen LogP) is 23.0. The first kappa shape index (κ1) is 50.3. The van der Waals surface area contributed by atoms with Gasteiger partial charge in [-0.05, 0) is 173 Å². The molecule has 430 valence electrons. The van der Waals surface area contributed by atoms with E-state index >= 15 is 0 Å². The van der Waals surface area contributed by atoms with E-state index in [0.29, 0.717) is 5.95 Å². The zero-order chi connectivity index (χ0) is 60.6. The highest BCUT2D eigenvalue weighted by Gasteiger charge is 2.41. The maximum atomic E-state index is 7.05. The fourth-order valence-corrected chi connectivity index (χ4v) is 17.1. The highest BCUT2D eigenvalue weighted by atomic mass is 16.3. The molecule has 92 heavy (non-hydrogen) atoms. The van der Waals surface area contributed by atoms with Gasteiger partial charge in [-0.25, -0.2) is 9.97 Å². The summed E-state index contributed by atoms with van der Waals surface area (Å²) in [4.78, 5) is 10.7. The number of benzene rings is 14. The number of fused-ring (bicyclic) bond motifs is 27. The Morgan fingerprint density at radius 3 is 1.46 bits per heavy atom. The first-order chi connectivity index (χ1) is 45.1. The molecular weight excluding hydrogens is 1120 g/mol. The lowest BCUT2D eigenvalue weighted by atomic mass is 9.80. The van der Waals surface area contributed by atoms with Crippen LogP contribution in [0.2, 0.25) is 0 Å². The van der Waals surface area contributed by atoms with Gasteiger partial charge < -0.3 is 13.4 Å². The summed E-state index contributed by atoms with van der Waals surface area (Å²) in [6.45, 7) is 9.56. The normalized spacial score (nSPS) is 14.0. The number of rotatable bonds is 4. The van der Waals surface area contributed by atoms with Crippen LogP contribution in [0.1, 0.15) is 49.9 Å². The largest absolute Gasteiger partial charge is 0.456 e. The Kier molecular flexibility index (Phi) is 9.63. The van der Waals surface area contributed by atoms with Crippen molar-refractivity contribution in [1.29, 1.82) is 0 Å². The van der Waals surface area contributed by atoms with Crippen molar-refractivity contribution in [3.8, 4) is 56.3 Å². The first-order valence-electron chi connectivity index (χ1n) is 31.9. The predicted molar refractivity (Wildman–Crippen MR) is 381 cm³/mol. The van der Waals surface area contributed by atoms with Crippen molar-refractivity contribution in [2.24, 2.45) is 0 Å². The van der Waals surface area contributed by atoms with Gasteiger partial charge in [-0.2, -0.15) is 0 Å². The second kappa shape index (κ2) is 17.6. The number of hydrogen-bond donors (Lipinski definition) is 0. The van der Waals surface area contributed by atoms with Crippen LogP contribution >= 0.6 is 0 Å². The standard InChI is InChI=1S/C86H54N4O2/c1-85(2)68-45-73-67(44-65(68)58-36-38-76-79(81(58)85)61-26-14-17-29-75(61)91-76)57-33-30-48(40-72(57)89(73)50-32-35-55-53-22-9-8-20-51(53)52-21-10-11-23-54(52)63(55)42-50)49-31-34-62-78(41-49)92-77-39-37-59-64-43-66-56-24-13-16-28-71(56)90(74(66)46-69(64)86(3,4)82(59)80(62)77)84-87-70-27-15-12-25-60(70)83(88-84)47-18-6-5-7-19-47/h5-46H,1-4H3. The molecule has 0 spiro atoms. The summed E-state index contributed by atoms with van der Waals surface area (Å²) in [5.41, 5.74) is 23.9. The minimum Gasteiger partial charge on any atom is -0.456 e. The molecule has 0 amide bonds. The SMILES string of the molecule is CC1(C)c2cc3c(cc2-c2ccc4oc5ccccc5c4c21)c1ccc(-c2ccc4c(c2)oc2ccc5c(c24)C(C)(C)c2cc4c(cc2-5)c2ccccc2n4-c2nc(-c4ccccc4)c4ccccc4n2)cc1n3-c1ccc2c3ccccc3c3ccccc3c2c1. The fourth-order valence-electron chi connectivity index (χ4n) is 17.1. The van der Waals surface area contributed by atoms with Gasteiger partial charge in [-0.3, -0.25) is 4.57 Å². The summed E-state index contributed by atoms with van der Waals surface area (Å²) >= 11 is 0. The molecule has 0 fully saturated rings. The van der Waals surface area contributed by atoms with Crippen LogP contribution in [0.5, 0.6) is 0 Å². The van der Waals surface area contributed by atoms with E-state index in [9.17, 15) is 0 Å². The number of furan rings is 2. The van der Waals surface area contributed by atoms with Crippen molar-refractivity contribution >= 4 is 131 Å². The van der Waals surface area contributed by atoms with Gasteiger partial charge in [0.1, 0.15) is 22.3 Å². The molecule has 6 heteroatoms. The molecule has 0 unspecified atom stereocenters. The second-order valence-corrected chi connectivity index (χ2v) is 26.7. The summed E-state index contributed by atoms with van der Waals surface area (Å²) < 4.78 is 18.4. The van der Waals surface area contributed by atoms with Gasteiger partial charge in [0.2, 0.25) is 5.95 Å². The number of aromatic nitrogens is 4. The summed E-state index contributed by atoms with van der Waals surface area (Å²) in [7, 11) is 0. The summed E-state index contributed by atoms with van der Waals surface area (Å²) in [5.74, 6) is 0.655. The van der Waals surface area contributed by atoms with Gasteiger partial charge in [0.05, 0.1) is 33.3 Å².